The molecule has 47 heavy (non-hydrogen) atoms. The van der Waals surface area contributed by atoms with E-state index in [1.807, 2.05) is 90.6 Å². The largest absolute Gasteiger partial charge is 2.00 e. The third-order valence-corrected chi connectivity index (χ3v) is 8.47. The van der Waals surface area contributed by atoms with Gasteiger partial charge in [-0.2, -0.15) is 0 Å². The Hall–Kier alpha value is -5.39. The number of rotatable bonds is 6. The number of aromatic nitrogens is 3. The van der Waals surface area contributed by atoms with E-state index in [0.29, 0.717) is 17.1 Å². The summed E-state index contributed by atoms with van der Waals surface area (Å²) in [5, 5.41) is 1.90. The third-order valence-electron chi connectivity index (χ3n) is 8.47. The standard InChI is InChI=1S/C39H26N4O3.Pt/c1-42-20-19-41-39(42)31-22-26(21-30-28-13-5-7-15-33(28)46-38(30)31)44-27-23-32(37-29-14-6-8-16-34(29)45-35(37)24-27)43(25-11-3-2-4-12-25)36-17-9-10-18-40-36;/h2-21,24,28,33H,1H3;/q-2;+2. The number of furan rings is 1. The first-order valence-corrected chi connectivity index (χ1v) is 15.1. The number of hydrogen-bond donors (Lipinski definition) is 0. The molecule has 9 rings (SSSR count). The molecule has 1 aliphatic carbocycles. The van der Waals surface area contributed by atoms with Gasteiger partial charge in [0.25, 0.3) is 0 Å². The number of aryl methyl sites for hydroxylation is 1. The molecular formula is C39H26N4O3Pt. The summed E-state index contributed by atoms with van der Waals surface area (Å²) in [5.74, 6) is 3.34. The molecule has 7 aromatic rings. The van der Waals surface area contributed by atoms with Crippen LogP contribution in [0.15, 0.2) is 132 Å². The maximum Gasteiger partial charge on any atom is 2.00 e. The van der Waals surface area contributed by atoms with Crippen LogP contribution in [0, 0.1) is 12.1 Å². The third kappa shape index (κ3) is 4.95. The minimum Gasteiger partial charge on any atom is -0.529 e. The predicted octanol–water partition coefficient (Wildman–Crippen LogP) is 9.21. The summed E-state index contributed by atoms with van der Waals surface area (Å²) in [6, 6.07) is 35.0. The fourth-order valence-electron chi connectivity index (χ4n) is 6.40. The molecule has 1 aliphatic heterocycles. The van der Waals surface area contributed by atoms with Crippen molar-refractivity contribution in [2.45, 2.75) is 12.0 Å². The molecule has 8 heteroatoms. The second kappa shape index (κ2) is 11.8. The zero-order chi connectivity index (χ0) is 30.6. The van der Waals surface area contributed by atoms with Crippen molar-refractivity contribution >= 4 is 39.1 Å². The molecule has 230 valence electrons. The van der Waals surface area contributed by atoms with E-state index in [9.17, 15) is 0 Å². The van der Waals surface area contributed by atoms with Gasteiger partial charge in [0.2, 0.25) is 0 Å². The first kappa shape index (κ1) is 29.0. The monoisotopic (exact) mass is 793 g/mol. The maximum absolute atomic E-state index is 6.68. The number of para-hydroxylation sites is 2. The second-order valence-electron chi connectivity index (χ2n) is 11.3. The summed E-state index contributed by atoms with van der Waals surface area (Å²) < 4.78 is 21.5. The van der Waals surface area contributed by atoms with Gasteiger partial charge in [-0.25, -0.2) is 4.98 Å². The van der Waals surface area contributed by atoms with E-state index in [-0.39, 0.29) is 33.1 Å². The minimum absolute atomic E-state index is 0. The van der Waals surface area contributed by atoms with Crippen molar-refractivity contribution in [1.29, 1.82) is 0 Å². The van der Waals surface area contributed by atoms with Crippen LogP contribution in [0.1, 0.15) is 11.5 Å². The fraction of sp³-hybridized carbons (Fsp3) is 0.0769. The van der Waals surface area contributed by atoms with E-state index < -0.39 is 0 Å². The Balaban J connectivity index is 0.00000324. The molecule has 4 aromatic carbocycles. The van der Waals surface area contributed by atoms with Crippen LogP contribution in [0.5, 0.6) is 17.2 Å². The van der Waals surface area contributed by atoms with Gasteiger partial charge in [-0.1, -0.05) is 101 Å². The maximum atomic E-state index is 6.68. The molecule has 4 heterocycles. The number of nitrogens with zero attached hydrogens (tertiary/aromatic N) is 4. The van der Waals surface area contributed by atoms with Crippen LogP contribution >= 0.6 is 0 Å². The van der Waals surface area contributed by atoms with Crippen molar-refractivity contribution in [3.63, 3.8) is 0 Å². The van der Waals surface area contributed by atoms with Crippen LogP contribution in [0.25, 0.3) is 33.3 Å². The van der Waals surface area contributed by atoms with Gasteiger partial charge >= 0.3 is 21.1 Å². The van der Waals surface area contributed by atoms with E-state index in [0.717, 1.165) is 56.2 Å². The van der Waals surface area contributed by atoms with Crippen molar-refractivity contribution in [2.24, 2.45) is 7.05 Å². The molecule has 0 spiro atoms. The Morgan fingerprint density at radius 2 is 1.64 bits per heavy atom. The Kier molecular flexibility index (Phi) is 7.26. The molecule has 0 N–H and O–H groups in total. The summed E-state index contributed by atoms with van der Waals surface area (Å²) in [6.07, 6.45) is 13.7. The Morgan fingerprint density at radius 1 is 0.830 bits per heavy atom. The summed E-state index contributed by atoms with van der Waals surface area (Å²) in [4.78, 5) is 11.4. The summed E-state index contributed by atoms with van der Waals surface area (Å²) >= 11 is 0. The number of imidazole rings is 1. The van der Waals surface area contributed by atoms with Crippen molar-refractivity contribution < 1.29 is 35.0 Å². The smallest absolute Gasteiger partial charge is 0.529 e. The number of pyridine rings is 1. The van der Waals surface area contributed by atoms with Gasteiger partial charge in [0, 0.05) is 60.1 Å². The second-order valence-corrected chi connectivity index (χ2v) is 11.3. The minimum atomic E-state index is -0.0921. The van der Waals surface area contributed by atoms with Gasteiger partial charge in [-0.3, -0.25) is 4.98 Å². The molecule has 0 fully saturated rings. The van der Waals surface area contributed by atoms with Crippen molar-refractivity contribution in [1.82, 2.24) is 14.5 Å². The molecule has 0 saturated heterocycles. The Morgan fingerprint density at radius 3 is 2.47 bits per heavy atom. The van der Waals surface area contributed by atoms with Crippen LogP contribution in [-0.2, 0) is 28.1 Å². The van der Waals surface area contributed by atoms with Gasteiger partial charge in [0.1, 0.15) is 17.5 Å². The van der Waals surface area contributed by atoms with Crippen LogP contribution in [0.2, 0.25) is 0 Å². The van der Waals surface area contributed by atoms with E-state index in [4.69, 9.17) is 18.9 Å². The molecule has 2 atom stereocenters. The van der Waals surface area contributed by atoms with Gasteiger partial charge in [0.05, 0.1) is 5.82 Å². The molecule has 0 bridgehead atoms. The van der Waals surface area contributed by atoms with Crippen molar-refractivity contribution in [3.8, 4) is 28.6 Å². The van der Waals surface area contributed by atoms with Crippen LogP contribution in [0.4, 0.5) is 17.2 Å². The first-order valence-electron chi connectivity index (χ1n) is 15.1. The number of fused-ring (bicyclic) bond motifs is 6. The summed E-state index contributed by atoms with van der Waals surface area (Å²) in [5.41, 5.74) is 4.93. The molecular weight excluding hydrogens is 768 g/mol. The Bertz CT molecular complexity index is 2270. The van der Waals surface area contributed by atoms with Crippen LogP contribution in [-0.4, -0.2) is 20.6 Å². The fourth-order valence-corrected chi connectivity index (χ4v) is 6.40. The number of allylic oxidation sites excluding steroid dienone is 2. The average molecular weight is 794 g/mol. The molecule has 3 aromatic heterocycles. The molecule has 2 unspecified atom stereocenters. The summed E-state index contributed by atoms with van der Waals surface area (Å²) in [7, 11) is 1.96. The molecule has 0 saturated carbocycles. The van der Waals surface area contributed by atoms with Gasteiger partial charge < -0.3 is 23.4 Å². The molecule has 2 aliphatic rings. The number of anilines is 3. The van der Waals surface area contributed by atoms with E-state index in [1.54, 1.807) is 12.4 Å². The Labute approximate surface area is 285 Å². The van der Waals surface area contributed by atoms with Gasteiger partial charge in [-0.15, -0.1) is 6.07 Å². The molecule has 0 radical (unpaired) electrons. The van der Waals surface area contributed by atoms with Gasteiger partial charge in [-0.05, 0) is 41.8 Å². The molecule has 0 amide bonds. The normalized spacial score (nSPS) is 16.0. The zero-order valence-corrected chi connectivity index (χ0v) is 27.4. The first-order chi connectivity index (χ1) is 22.7. The average Bonchev–Trinajstić information content (AvgIpc) is 3.80. The predicted molar refractivity (Wildman–Crippen MR) is 178 cm³/mol. The van der Waals surface area contributed by atoms with Crippen LogP contribution in [0.3, 0.4) is 0 Å². The van der Waals surface area contributed by atoms with Crippen molar-refractivity contribution in [2.75, 3.05) is 4.90 Å². The number of ether oxygens (including phenoxy) is 2. The van der Waals surface area contributed by atoms with E-state index in [1.165, 1.54) is 0 Å². The van der Waals surface area contributed by atoms with E-state index >= 15 is 0 Å². The van der Waals surface area contributed by atoms with Crippen LogP contribution < -0.4 is 14.4 Å². The topological polar surface area (TPSA) is 65.5 Å². The SMILES string of the molecule is Cn1ccnc1-c1[c-]c(Oc2[c-]c(N(c3ccccc3)c3ccccn3)c3c(c2)oc2ccccc23)cc2c1OC1C=CC=CC21.[Pt+2]. The quantitative estimate of drug-likeness (QED) is 0.157. The molecule has 7 nitrogen and oxygen atoms in total. The van der Waals surface area contributed by atoms with Gasteiger partial charge in [0.15, 0.2) is 0 Å². The number of hydrogen-bond acceptors (Lipinski definition) is 6. The summed E-state index contributed by atoms with van der Waals surface area (Å²) in [6.45, 7) is 0. The number of benzene rings is 4. The van der Waals surface area contributed by atoms with E-state index in [2.05, 4.69) is 58.4 Å². The van der Waals surface area contributed by atoms with Crippen molar-refractivity contribution in [3.05, 3.63) is 146 Å². The zero-order valence-electron chi connectivity index (χ0n) is 25.1.